The topological polar surface area (TPSA) is 91.9 Å². The van der Waals surface area contributed by atoms with Gasteiger partial charge in [-0.2, -0.15) is 5.10 Å². The molecule has 1 aromatic rings. The number of halogens is 1. The van der Waals surface area contributed by atoms with Crippen LogP contribution in [0, 0.1) is 0 Å². The van der Waals surface area contributed by atoms with Gasteiger partial charge in [0.25, 0.3) is 15.0 Å². The van der Waals surface area contributed by atoms with Crippen LogP contribution in [0.5, 0.6) is 0 Å². The fourth-order valence-electron chi connectivity index (χ4n) is 1.88. The van der Waals surface area contributed by atoms with Crippen molar-refractivity contribution >= 4 is 25.6 Å². The molecule has 0 aliphatic rings. The number of nitrogens with zero attached hydrogens (tertiary/aromatic N) is 1. The SMILES string of the molecule is CCC(CC)NC(=O)c1n[nH]c(C(C)C)c1S(=O)(=O)Cl. The summed E-state index contributed by atoms with van der Waals surface area (Å²) in [4.78, 5) is 11.9. The minimum atomic E-state index is -4.04. The van der Waals surface area contributed by atoms with Crippen LogP contribution in [0.2, 0.25) is 0 Å². The third-order valence-electron chi connectivity index (χ3n) is 3.10. The Balaban J connectivity index is 3.23. The van der Waals surface area contributed by atoms with E-state index < -0.39 is 15.0 Å². The Morgan fingerprint density at radius 2 is 1.90 bits per heavy atom. The Morgan fingerprint density at radius 3 is 2.30 bits per heavy atom. The van der Waals surface area contributed by atoms with Crippen LogP contribution in [0.25, 0.3) is 0 Å². The van der Waals surface area contributed by atoms with Gasteiger partial charge in [0.1, 0.15) is 4.90 Å². The predicted octanol–water partition coefficient (Wildman–Crippen LogP) is 2.38. The fourth-order valence-corrected chi connectivity index (χ4v) is 3.27. The highest BCUT2D eigenvalue weighted by atomic mass is 35.7. The first kappa shape index (κ1) is 17.0. The minimum Gasteiger partial charge on any atom is -0.348 e. The Kier molecular flexibility index (Phi) is 5.59. The van der Waals surface area contributed by atoms with E-state index in [1.807, 2.05) is 13.8 Å². The Labute approximate surface area is 123 Å². The molecule has 2 N–H and O–H groups in total. The molecule has 0 unspecified atom stereocenters. The van der Waals surface area contributed by atoms with Crippen molar-refractivity contribution in [2.75, 3.05) is 0 Å². The highest BCUT2D eigenvalue weighted by Crippen LogP contribution is 2.27. The maximum Gasteiger partial charge on any atom is 0.273 e. The predicted molar refractivity (Wildman–Crippen MR) is 77.6 cm³/mol. The van der Waals surface area contributed by atoms with Gasteiger partial charge in [-0.05, 0) is 18.8 Å². The molecule has 0 spiro atoms. The number of rotatable bonds is 6. The molecule has 1 heterocycles. The number of H-pyrrole nitrogens is 1. The summed E-state index contributed by atoms with van der Waals surface area (Å²) >= 11 is 0. The monoisotopic (exact) mass is 321 g/mol. The molecule has 0 saturated carbocycles. The molecule has 114 valence electrons. The minimum absolute atomic E-state index is 0.0208. The van der Waals surface area contributed by atoms with Gasteiger partial charge in [-0.3, -0.25) is 9.89 Å². The van der Waals surface area contributed by atoms with E-state index in [2.05, 4.69) is 15.5 Å². The molecule has 20 heavy (non-hydrogen) atoms. The number of carbonyl (C=O) groups is 1. The van der Waals surface area contributed by atoms with Crippen molar-refractivity contribution in [3.05, 3.63) is 11.4 Å². The summed E-state index contributed by atoms with van der Waals surface area (Å²) in [5.74, 6) is -0.665. The zero-order valence-electron chi connectivity index (χ0n) is 12.0. The van der Waals surface area contributed by atoms with Crippen LogP contribution in [0.1, 0.15) is 62.6 Å². The van der Waals surface area contributed by atoms with Crippen molar-refractivity contribution in [3.8, 4) is 0 Å². The second kappa shape index (κ2) is 6.58. The molecular weight excluding hydrogens is 302 g/mol. The molecule has 0 atom stereocenters. The van der Waals surface area contributed by atoms with E-state index in [9.17, 15) is 13.2 Å². The van der Waals surface area contributed by atoms with Crippen LogP contribution in [-0.2, 0) is 9.05 Å². The lowest BCUT2D eigenvalue weighted by Gasteiger charge is -2.14. The summed E-state index contributed by atoms with van der Waals surface area (Å²) in [6, 6.07) is -0.0208. The molecule has 0 radical (unpaired) electrons. The lowest BCUT2D eigenvalue weighted by Crippen LogP contribution is -2.34. The summed E-state index contributed by atoms with van der Waals surface area (Å²) < 4.78 is 23.4. The third kappa shape index (κ3) is 3.73. The number of nitrogens with one attached hydrogen (secondary N) is 2. The first-order valence-electron chi connectivity index (χ1n) is 6.56. The molecule has 1 amide bonds. The van der Waals surface area contributed by atoms with Gasteiger partial charge in [0.15, 0.2) is 5.69 Å². The Bertz CT molecular complexity index is 577. The molecule has 0 aliphatic heterocycles. The molecule has 6 nitrogen and oxygen atoms in total. The molecule has 0 saturated heterocycles. The van der Waals surface area contributed by atoms with Crippen molar-refractivity contribution in [2.24, 2.45) is 0 Å². The van der Waals surface area contributed by atoms with E-state index in [4.69, 9.17) is 10.7 Å². The fraction of sp³-hybridized carbons (Fsp3) is 0.667. The summed E-state index contributed by atoms with van der Waals surface area (Å²) in [6.45, 7) is 7.47. The zero-order chi connectivity index (χ0) is 15.5. The maximum atomic E-state index is 12.2. The van der Waals surface area contributed by atoms with Gasteiger partial charge in [0, 0.05) is 16.7 Å². The number of hydrogen-bond acceptors (Lipinski definition) is 4. The lowest BCUT2D eigenvalue weighted by atomic mass is 10.1. The normalized spacial score (nSPS) is 12.2. The van der Waals surface area contributed by atoms with Crippen molar-refractivity contribution in [2.45, 2.75) is 57.4 Å². The number of hydrogen-bond donors (Lipinski definition) is 2. The molecule has 0 bridgehead atoms. The molecule has 0 fully saturated rings. The first-order chi connectivity index (χ1) is 9.22. The van der Waals surface area contributed by atoms with Crippen LogP contribution >= 0.6 is 10.7 Å². The average molecular weight is 322 g/mol. The Hall–Kier alpha value is -1.08. The molecule has 0 aliphatic carbocycles. The van der Waals surface area contributed by atoms with Crippen molar-refractivity contribution in [1.29, 1.82) is 0 Å². The largest absolute Gasteiger partial charge is 0.348 e. The first-order valence-corrected chi connectivity index (χ1v) is 8.87. The summed E-state index contributed by atoms with van der Waals surface area (Å²) in [5.41, 5.74) is 0.172. The van der Waals surface area contributed by atoms with Gasteiger partial charge in [-0.25, -0.2) is 8.42 Å². The van der Waals surface area contributed by atoms with E-state index in [0.29, 0.717) is 5.69 Å². The Morgan fingerprint density at radius 1 is 1.35 bits per heavy atom. The number of aromatic nitrogens is 2. The van der Waals surface area contributed by atoms with Gasteiger partial charge in [-0.1, -0.05) is 27.7 Å². The van der Waals surface area contributed by atoms with Gasteiger partial charge in [0.2, 0.25) is 0 Å². The van der Waals surface area contributed by atoms with Crippen LogP contribution in [-0.4, -0.2) is 30.6 Å². The molecule has 1 rings (SSSR count). The van der Waals surface area contributed by atoms with Crippen LogP contribution < -0.4 is 5.32 Å². The molecule has 8 heteroatoms. The van der Waals surface area contributed by atoms with E-state index in [1.54, 1.807) is 13.8 Å². The number of amides is 1. The zero-order valence-corrected chi connectivity index (χ0v) is 13.6. The second-order valence-electron chi connectivity index (χ2n) is 4.89. The summed E-state index contributed by atoms with van der Waals surface area (Å²) in [7, 11) is 1.39. The van der Waals surface area contributed by atoms with Crippen LogP contribution in [0.15, 0.2) is 4.90 Å². The van der Waals surface area contributed by atoms with Crippen LogP contribution in [0.3, 0.4) is 0 Å². The third-order valence-corrected chi connectivity index (χ3v) is 4.47. The van der Waals surface area contributed by atoms with Gasteiger partial charge in [-0.15, -0.1) is 0 Å². The second-order valence-corrected chi connectivity index (χ2v) is 7.40. The highest BCUT2D eigenvalue weighted by Gasteiger charge is 2.30. The van der Waals surface area contributed by atoms with Gasteiger partial charge >= 0.3 is 0 Å². The van der Waals surface area contributed by atoms with Crippen molar-refractivity contribution in [1.82, 2.24) is 15.5 Å². The quantitative estimate of drug-likeness (QED) is 0.787. The van der Waals surface area contributed by atoms with E-state index in [1.165, 1.54) is 0 Å². The van der Waals surface area contributed by atoms with Crippen molar-refractivity contribution in [3.63, 3.8) is 0 Å². The highest BCUT2D eigenvalue weighted by molar-refractivity contribution is 8.13. The van der Waals surface area contributed by atoms with E-state index in [0.717, 1.165) is 12.8 Å². The molecular formula is C12H20ClN3O3S. The standard InChI is InChI=1S/C12H20ClN3O3S/c1-5-8(6-2)14-12(17)10-11(20(13,18)19)9(7(3)4)15-16-10/h7-8H,5-6H2,1-4H3,(H,14,17)(H,15,16). The number of carbonyl (C=O) groups excluding carboxylic acids is 1. The smallest absolute Gasteiger partial charge is 0.273 e. The lowest BCUT2D eigenvalue weighted by molar-refractivity contribution is 0.0926. The van der Waals surface area contributed by atoms with Crippen LogP contribution in [0.4, 0.5) is 0 Å². The van der Waals surface area contributed by atoms with Crippen molar-refractivity contribution < 1.29 is 13.2 Å². The van der Waals surface area contributed by atoms with E-state index >= 15 is 0 Å². The molecule has 0 aromatic carbocycles. The van der Waals surface area contributed by atoms with Gasteiger partial charge in [0.05, 0.1) is 5.69 Å². The number of aromatic amines is 1. The van der Waals surface area contributed by atoms with Gasteiger partial charge < -0.3 is 5.32 Å². The summed E-state index contributed by atoms with van der Waals surface area (Å²) in [6.07, 6.45) is 1.51. The average Bonchev–Trinajstić information content (AvgIpc) is 2.80. The molecule has 1 aromatic heterocycles. The van der Waals surface area contributed by atoms with E-state index in [-0.39, 0.29) is 22.5 Å². The summed E-state index contributed by atoms with van der Waals surface area (Å²) in [5, 5.41) is 9.17. The maximum absolute atomic E-state index is 12.2.